The number of aliphatic hydroxyl groups is 2. The first kappa shape index (κ1) is 24.7. The number of rotatable bonds is 5. The predicted molar refractivity (Wildman–Crippen MR) is 134 cm³/mol. The minimum atomic E-state index is -0.626. The van der Waals surface area contributed by atoms with E-state index in [1.54, 1.807) is 0 Å². The van der Waals surface area contributed by atoms with Gasteiger partial charge in [-0.05, 0) is 98.5 Å². The predicted octanol–water partition coefficient (Wildman–Crippen LogP) is 5.56. The highest BCUT2D eigenvalue weighted by atomic mass is 16.3. The Kier molecular flexibility index (Phi) is 7.85. The fraction of sp³-hybridized carbons (Fsp3) is 0.759. The van der Waals surface area contributed by atoms with Crippen molar-refractivity contribution in [1.82, 2.24) is 4.90 Å². The van der Waals surface area contributed by atoms with E-state index in [1.807, 2.05) is 0 Å². The molecule has 1 saturated heterocycles. The third kappa shape index (κ3) is 5.32. The lowest BCUT2D eigenvalue weighted by Crippen LogP contribution is -2.37. The first-order valence-electron chi connectivity index (χ1n) is 13.5. The minimum absolute atomic E-state index is 0.318. The van der Waals surface area contributed by atoms with Crippen LogP contribution in [-0.4, -0.2) is 46.3 Å². The molecule has 0 spiro atoms. The normalized spacial score (nSPS) is 38.5. The Labute approximate surface area is 200 Å². The van der Waals surface area contributed by atoms with Crippen molar-refractivity contribution in [2.75, 3.05) is 13.1 Å². The van der Waals surface area contributed by atoms with Gasteiger partial charge >= 0.3 is 0 Å². The van der Waals surface area contributed by atoms with Crippen LogP contribution in [-0.2, 0) is 4.79 Å². The second-order valence-electron chi connectivity index (χ2n) is 11.6. The van der Waals surface area contributed by atoms with Crippen LogP contribution in [0, 0.1) is 23.2 Å². The molecule has 33 heavy (non-hydrogen) atoms. The molecule has 1 heterocycles. The van der Waals surface area contributed by atoms with Crippen LogP contribution in [0.1, 0.15) is 90.9 Å². The lowest BCUT2D eigenvalue weighted by Gasteiger charge is -2.44. The molecule has 0 unspecified atom stereocenters. The number of hydrogen-bond donors (Lipinski definition) is 2. The number of allylic oxidation sites excluding steroid dienone is 3. The number of aliphatic hydroxyl groups excluding tert-OH is 2. The number of nitrogens with zero attached hydrogens (tertiary/aromatic N) is 1. The number of piperidine rings is 1. The van der Waals surface area contributed by atoms with Crippen LogP contribution in [0.15, 0.2) is 35.5 Å². The fourth-order valence-corrected chi connectivity index (χ4v) is 7.53. The van der Waals surface area contributed by atoms with Gasteiger partial charge in [0.25, 0.3) is 0 Å². The molecule has 0 aromatic carbocycles. The molecule has 0 aromatic heterocycles. The average Bonchev–Trinajstić information content (AvgIpc) is 3.16. The van der Waals surface area contributed by atoms with Crippen molar-refractivity contribution in [2.24, 2.45) is 23.2 Å². The first-order chi connectivity index (χ1) is 15.8. The summed E-state index contributed by atoms with van der Waals surface area (Å²) in [6.45, 7) is 10.9. The van der Waals surface area contributed by atoms with E-state index in [9.17, 15) is 15.0 Å². The highest BCUT2D eigenvalue weighted by Crippen LogP contribution is 2.59. The molecule has 0 aromatic rings. The van der Waals surface area contributed by atoms with Crippen LogP contribution in [0.5, 0.6) is 0 Å². The quantitative estimate of drug-likeness (QED) is 0.571. The van der Waals surface area contributed by atoms with E-state index in [1.165, 1.54) is 50.5 Å². The highest BCUT2D eigenvalue weighted by molar-refractivity contribution is 5.76. The number of amides is 1. The lowest BCUT2D eigenvalue weighted by atomic mass is 9.60. The SMILES string of the molecule is C=C1/C(=C\C=C2/CCC[C@]3(C)[C@@H]([C@@H](C)CCC(=O)N4CCCCC4)CC[C@@H]23)C[C@@H](O)C[C@@H]1O. The fourth-order valence-electron chi connectivity index (χ4n) is 7.53. The Bertz CT molecular complexity index is 793. The summed E-state index contributed by atoms with van der Waals surface area (Å²) in [5, 5.41) is 20.2. The van der Waals surface area contributed by atoms with Gasteiger partial charge in [0.2, 0.25) is 5.91 Å². The van der Waals surface area contributed by atoms with E-state index in [0.29, 0.717) is 48.3 Å². The van der Waals surface area contributed by atoms with Crippen LogP contribution in [0.3, 0.4) is 0 Å². The molecule has 3 aliphatic carbocycles. The highest BCUT2D eigenvalue weighted by Gasteiger charge is 2.50. The smallest absolute Gasteiger partial charge is 0.222 e. The van der Waals surface area contributed by atoms with Gasteiger partial charge in [-0.2, -0.15) is 0 Å². The Balaban J connectivity index is 1.40. The maximum Gasteiger partial charge on any atom is 0.222 e. The van der Waals surface area contributed by atoms with Crippen molar-refractivity contribution in [3.63, 3.8) is 0 Å². The monoisotopic (exact) mass is 455 g/mol. The second kappa shape index (κ2) is 10.5. The molecule has 0 bridgehead atoms. The summed E-state index contributed by atoms with van der Waals surface area (Å²) >= 11 is 0. The Morgan fingerprint density at radius 2 is 1.94 bits per heavy atom. The van der Waals surface area contributed by atoms with Gasteiger partial charge < -0.3 is 15.1 Å². The summed E-state index contributed by atoms with van der Waals surface area (Å²) in [5.74, 6) is 2.24. The molecule has 0 radical (unpaired) electrons. The summed E-state index contributed by atoms with van der Waals surface area (Å²) in [5.41, 5.74) is 3.63. The molecular formula is C29H45NO3. The summed E-state index contributed by atoms with van der Waals surface area (Å²) in [7, 11) is 0. The zero-order chi connectivity index (χ0) is 23.6. The van der Waals surface area contributed by atoms with Crippen LogP contribution in [0.2, 0.25) is 0 Å². The summed E-state index contributed by atoms with van der Waals surface area (Å²) < 4.78 is 0. The lowest BCUT2D eigenvalue weighted by molar-refractivity contribution is -0.132. The number of likely N-dealkylation sites (tertiary alicyclic amines) is 1. The molecule has 4 heteroatoms. The zero-order valence-electron chi connectivity index (χ0n) is 20.9. The van der Waals surface area contributed by atoms with Crippen LogP contribution in [0.25, 0.3) is 0 Å². The third-order valence-electron chi connectivity index (χ3n) is 9.51. The van der Waals surface area contributed by atoms with E-state index in [0.717, 1.165) is 37.1 Å². The number of hydrogen-bond acceptors (Lipinski definition) is 3. The first-order valence-corrected chi connectivity index (χ1v) is 13.5. The molecule has 184 valence electrons. The molecule has 4 aliphatic rings. The number of fused-ring (bicyclic) bond motifs is 1. The summed E-state index contributed by atoms with van der Waals surface area (Å²) in [6, 6.07) is 0. The van der Waals surface area contributed by atoms with E-state index in [4.69, 9.17) is 0 Å². The van der Waals surface area contributed by atoms with Gasteiger partial charge in [0.15, 0.2) is 0 Å². The summed E-state index contributed by atoms with van der Waals surface area (Å²) in [6.07, 6.45) is 15.8. The molecule has 4 fully saturated rings. The number of carbonyl (C=O) groups is 1. The van der Waals surface area contributed by atoms with E-state index in [2.05, 4.69) is 37.5 Å². The van der Waals surface area contributed by atoms with Crippen LogP contribution >= 0.6 is 0 Å². The van der Waals surface area contributed by atoms with Crippen LogP contribution in [0.4, 0.5) is 0 Å². The van der Waals surface area contributed by atoms with Crippen molar-refractivity contribution in [3.8, 4) is 0 Å². The van der Waals surface area contributed by atoms with Gasteiger partial charge in [-0.1, -0.05) is 38.2 Å². The van der Waals surface area contributed by atoms with Crippen molar-refractivity contribution in [2.45, 2.75) is 103 Å². The number of carbonyl (C=O) groups excluding carboxylic acids is 1. The molecule has 6 atom stereocenters. The molecular weight excluding hydrogens is 410 g/mol. The Hall–Kier alpha value is -1.39. The summed E-state index contributed by atoms with van der Waals surface area (Å²) in [4.78, 5) is 14.8. The Morgan fingerprint density at radius 3 is 2.70 bits per heavy atom. The van der Waals surface area contributed by atoms with Gasteiger partial charge in [-0.3, -0.25) is 4.79 Å². The Morgan fingerprint density at radius 1 is 1.18 bits per heavy atom. The maximum absolute atomic E-state index is 12.7. The van der Waals surface area contributed by atoms with Gasteiger partial charge in [-0.15, -0.1) is 0 Å². The molecule has 4 rings (SSSR count). The maximum atomic E-state index is 12.7. The van der Waals surface area contributed by atoms with Crippen molar-refractivity contribution < 1.29 is 15.0 Å². The van der Waals surface area contributed by atoms with E-state index >= 15 is 0 Å². The van der Waals surface area contributed by atoms with Crippen molar-refractivity contribution in [1.29, 1.82) is 0 Å². The zero-order valence-corrected chi connectivity index (χ0v) is 20.9. The topological polar surface area (TPSA) is 60.8 Å². The minimum Gasteiger partial charge on any atom is -0.393 e. The van der Waals surface area contributed by atoms with Gasteiger partial charge in [0.1, 0.15) is 0 Å². The molecule has 1 aliphatic heterocycles. The molecule has 1 amide bonds. The second-order valence-corrected chi connectivity index (χ2v) is 11.6. The molecule has 2 N–H and O–H groups in total. The largest absolute Gasteiger partial charge is 0.393 e. The van der Waals surface area contributed by atoms with Gasteiger partial charge in [0.05, 0.1) is 12.2 Å². The van der Waals surface area contributed by atoms with Crippen molar-refractivity contribution >= 4 is 5.91 Å². The average molecular weight is 456 g/mol. The van der Waals surface area contributed by atoms with Gasteiger partial charge in [0, 0.05) is 25.9 Å². The molecule has 3 saturated carbocycles. The third-order valence-corrected chi connectivity index (χ3v) is 9.51. The van der Waals surface area contributed by atoms with E-state index < -0.39 is 12.2 Å². The van der Waals surface area contributed by atoms with Gasteiger partial charge in [-0.25, -0.2) is 0 Å². The van der Waals surface area contributed by atoms with Crippen LogP contribution < -0.4 is 0 Å². The molecule has 4 nitrogen and oxygen atoms in total. The van der Waals surface area contributed by atoms with Crippen molar-refractivity contribution in [3.05, 3.63) is 35.5 Å². The standard InChI is InChI=1S/C29H45NO3/c1-20(9-14-28(33)30-16-5-4-6-17-30)25-12-13-26-22(8-7-15-29(25,26)3)10-11-23-18-24(31)19-27(32)21(23)2/h10-11,20,24-27,31-32H,2,4-9,12-19H2,1,3H3/b22-10+,23-11-/t20-,24+,25+,26-,27-,29+/m0/s1. The van der Waals surface area contributed by atoms with E-state index in [-0.39, 0.29) is 0 Å².